The number of esters is 4. The Morgan fingerprint density at radius 1 is 0.597 bits per heavy atom. The van der Waals surface area contributed by atoms with Gasteiger partial charge >= 0.3 is 23.9 Å². The number of aliphatic hydroxyl groups excluding tert-OH is 13. The van der Waals surface area contributed by atoms with E-state index in [2.05, 4.69) is 65.1 Å². The molecule has 28 heteroatoms. The summed E-state index contributed by atoms with van der Waals surface area (Å²) in [4.78, 5) is 42.8. The number of nitrogens with one attached hydrogen (secondary N) is 2. The molecule has 62 heavy (non-hydrogen) atoms. The van der Waals surface area contributed by atoms with E-state index in [0.29, 0.717) is 12.3 Å². The van der Waals surface area contributed by atoms with Crippen molar-refractivity contribution in [2.45, 2.75) is 88.4 Å². The van der Waals surface area contributed by atoms with Crippen molar-refractivity contribution in [3.63, 3.8) is 0 Å². The van der Waals surface area contributed by atoms with Gasteiger partial charge in [-0.1, -0.05) is 42.6 Å². The van der Waals surface area contributed by atoms with Crippen LogP contribution < -0.4 is 16.4 Å². The first-order valence-corrected chi connectivity index (χ1v) is 19.9. The van der Waals surface area contributed by atoms with Crippen LogP contribution in [0.15, 0.2) is 46.1 Å². The highest BCUT2D eigenvalue weighted by atomic mass is 79.9. The van der Waals surface area contributed by atoms with Crippen molar-refractivity contribution in [1.82, 2.24) is 10.6 Å². The van der Waals surface area contributed by atoms with Crippen LogP contribution in [-0.2, 0) is 38.1 Å². The van der Waals surface area contributed by atoms with E-state index in [1.807, 2.05) is 6.92 Å². The third-order valence-electron chi connectivity index (χ3n) is 7.76. The van der Waals surface area contributed by atoms with Crippen LogP contribution in [0.2, 0.25) is 0 Å². The maximum absolute atomic E-state index is 10.9. The standard InChI is InChI=1S/C10H17NO5.C8H13NO5S.C6H7BrO5.C6H8O6.C4H11N.BrH.ClH/c1-2-3-4-11-5-6(12)9-7(13)8(14)10(15)16-9;10-4(3-9-1-2-15)7-5(11)6(12)8(13)14-7;2*7-1-2(8)5-3(9)4(10)6(11)12-5;1-2-3-4-5;;/h6,9,11-14H,2-5H2,1H3;4,7,9-12,15H,1-3H2;2,5,8-10H,1H2;2,5,7-10H,1H2;2-5H2,1H3;2*1H. The molecule has 8 atom stereocenters. The lowest BCUT2D eigenvalue weighted by atomic mass is 10.1. The Labute approximate surface area is 386 Å². The molecule has 0 fully saturated rings. The molecule has 4 aliphatic heterocycles. The molecule has 0 saturated heterocycles. The molecule has 17 N–H and O–H groups in total. The number of hydrogen-bond donors (Lipinski definition) is 17. The van der Waals surface area contributed by atoms with Gasteiger partial charge in [0.2, 0.25) is 23.0 Å². The highest BCUT2D eigenvalue weighted by molar-refractivity contribution is 9.09. The number of carbonyl (C=O) groups is 4. The Balaban J connectivity index is -0.000000718. The number of carbonyl (C=O) groups excluding carboxylic acids is 4. The minimum Gasteiger partial charge on any atom is -0.505 e. The van der Waals surface area contributed by atoms with Crippen molar-refractivity contribution in [2.24, 2.45) is 5.73 Å². The van der Waals surface area contributed by atoms with Crippen molar-refractivity contribution in [3.8, 4) is 0 Å². The Morgan fingerprint density at radius 2 is 0.903 bits per heavy atom. The Hall–Kier alpha value is -3.48. The summed E-state index contributed by atoms with van der Waals surface area (Å²) in [7, 11) is 0. The molecule has 0 spiro atoms. The van der Waals surface area contributed by atoms with Gasteiger partial charge < -0.3 is 102 Å². The number of halogens is 3. The second kappa shape index (κ2) is 33.1. The zero-order valence-electron chi connectivity index (χ0n) is 33.4. The molecule has 4 aliphatic rings. The van der Waals surface area contributed by atoms with Crippen molar-refractivity contribution in [2.75, 3.05) is 50.4 Å². The number of rotatable bonds is 17. The number of aliphatic hydroxyl groups is 13. The lowest BCUT2D eigenvalue weighted by Gasteiger charge is -2.17. The zero-order valence-corrected chi connectivity index (χ0v) is 38.4. The molecule has 0 aliphatic carbocycles. The Bertz CT molecular complexity index is 1490. The molecule has 0 aromatic rings. The fourth-order valence-electron chi connectivity index (χ4n) is 4.38. The van der Waals surface area contributed by atoms with Gasteiger partial charge in [-0.2, -0.15) is 12.6 Å². The van der Waals surface area contributed by atoms with Crippen molar-refractivity contribution in [1.29, 1.82) is 0 Å². The van der Waals surface area contributed by atoms with Gasteiger partial charge in [-0.05, 0) is 25.9 Å². The topological polar surface area (TPSA) is 418 Å². The average Bonchev–Trinajstić information content (AvgIpc) is 3.85. The second-order valence-electron chi connectivity index (χ2n) is 12.5. The fourth-order valence-corrected chi connectivity index (χ4v) is 4.88. The van der Waals surface area contributed by atoms with Crippen LogP contribution in [0.5, 0.6) is 0 Å². The molecule has 8 unspecified atom stereocenters. The molecule has 362 valence electrons. The highest BCUT2D eigenvalue weighted by Crippen LogP contribution is 2.24. The summed E-state index contributed by atoms with van der Waals surface area (Å²) in [6.07, 6.45) is -5.11. The monoisotopic (exact) mass is 1070 g/mol. The third-order valence-corrected chi connectivity index (χ3v) is 8.65. The fraction of sp³-hybridized carbons (Fsp3) is 0.647. The van der Waals surface area contributed by atoms with Crippen LogP contribution in [0, 0.1) is 0 Å². The van der Waals surface area contributed by atoms with Gasteiger partial charge in [0.15, 0.2) is 47.5 Å². The molecular formula is C34H58Br2ClN3O21S. The predicted octanol–water partition coefficient (Wildman–Crippen LogP) is -0.558. The lowest BCUT2D eigenvalue weighted by molar-refractivity contribution is -0.148. The largest absolute Gasteiger partial charge is 0.505 e. The van der Waals surface area contributed by atoms with Crippen LogP contribution in [0.4, 0.5) is 0 Å². The van der Waals surface area contributed by atoms with Crippen LogP contribution in [0.1, 0.15) is 39.5 Å². The summed E-state index contributed by atoms with van der Waals surface area (Å²) in [6.45, 7) is 6.00. The maximum atomic E-state index is 10.9. The zero-order chi connectivity index (χ0) is 46.3. The summed E-state index contributed by atoms with van der Waals surface area (Å²) >= 11 is 6.89. The van der Waals surface area contributed by atoms with E-state index in [1.54, 1.807) is 0 Å². The molecule has 0 bridgehead atoms. The number of unbranched alkanes of at least 4 members (excludes halogenated alkanes) is 2. The maximum Gasteiger partial charge on any atom is 0.377 e. The normalized spacial score (nSPS) is 22.0. The molecule has 0 amide bonds. The second-order valence-corrected chi connectivity index (χ2v) is 13.6. The lowest BCUT2D eigenvalue weighted by Crippen LogP contribution is -2.38. The molecule has 0 aromatic carbocycles. The predicted molar refractivity (Wildman–Crippen MR) is 230 cm³/mol. The van der Waals surface area contributed by atoms with Crippen molar-refractivity contribution >= 4 is 81.8 Å². The molecule has 0 aromatic heterocycles. The van der Waals surface area contributed by atoms with E-state index in [9.17, 15) is 39.6 Å². The van der Waals surface area contributed by atoms with Gasteiger partial charge in [0.1, 0.15) is 24.4 Å². The van der Waals surface area contributed by atoms with Crippen LogP contribution in [0.25, 0.3) is 0 Å². The van der Waals surface area contributed by atoms with Gasteiger partial charge in [0.25, 0.3) is 0 Å². The average molecular weight is 1070 g/mol. The van der Waals surface area contributed by atoms with Crippen LogP contribution >= 0.6 is 57.9 Å². The first-order valence-electron chi connectivity index (χ1n) is 18.2. The van der Waals surface area contributed by atoms with E-state index in [-0.39, 0.29) is 47.8 Å². The number of thiol groups is 1. The molecule has 24 nitrogen and oxygen atoms in total. The van der Waals surface area contributed by atoms with Crippen molar-refractivity contribution in [3.05, 3.63) is 46.1 Å². The van der Waals surface area contributed by atoms with E-state index >= 15 is 0 Å². The third kappa shape index (κ3) is 19.9. The number of alkyl halides is 1. The van der Waals surface area contributed by atoms with Gasteiger partial charge in [-0.15, -0.1) is 29.4 Å². The highest BCUT2D eigenvalue weighted by Gasteiger charge is 2.41. The summed E-state index contributed by atoms with van der Waals surface area (Å²) in [5.41, 5.74) is 5.14. The van der Waals surface area contributed by atoms with Crippen LogP contribution in [-0.4, -0.2) is 190 Å². The van der Waals surface area contributed by atoms with Crippen molar-refractivity contribution < 1.29 is 105 Å². The van der Waals surface area contributed by atoms with E-state index in [4.69, 9.17) is 51.7 Å². The first-order chi connectivity index (χ1) is 28.2. The van der Waals surface area contributed by atoms with Gasteiger partial charge in [-0.25, -0.2) is 19.2 Å². The van der Waals surface area contributed by atoms with Gasteiger partial charge in [-0.3, -0.25) is 0 Å². The summed E-state index contributed by atoms with van der Waals surface area (Å²) < 4.78 is 17.9. The summed E-state index contributed by atoms with van der Waals surface area (Å²) in [5.74, 6) is -9.56. The summed E-state index contributed by atoms with van der Waals surface area (Å²) in [5, 5.41) is 124. The molecule has 4 rings (SSSR count). The van der Waals surface area contributed by atoms with Gasteiger partial charge in [0, 0.05) is 30.7 Å². The minimum atomic E-state index is -1.42. The quantitative estimate of drug-likeness (QED) is 0.0285. The Kier molecular flexibility index (Phi) is 33.5. The van der Waals surface area contributed by atoms with Crippen LogP contribution in [0.3, 0.4) is 0 Å². The van der Waals surface area contributed by atoms with E-state index in [1.165, 1.54) is 12.8 Å². The molecule has 0 radical (unpaired) electrons. The SMILES string of the molecule is Br.CCCCN.CCCCNCC(O)C1OC(=O)C(O)=C1O.Cl.O=C1OC(C(O)CBr)C(O)=C1O.O=C1OC(C(O)CNCCS)C(O)=C1O.O=C1OC(C(O)CO)C(O)=C1O. The minimum absolute atomic E-state index is 0. The smallest absolute Gasteiger partial charge is 0.377 e. The summed E-state index contributed by atoms with van der Waals surface area (Å²) in [6, 6.07) is 0. The number of nitrogens with two attached hydrogens (primary N) is 1. The first kappa shape index (κ1) is 62.8. The molecule has 0 saturated carbocycles. The number of ether oxygens (including phenoxy) is 4. The Morgan fingerprint density at radius 3 is 1.13 bits per heavy atom. The molecular weight excluding hydrogens is 1010 g/mol. The van der Waals surface area contributed by atoms with E-state index < -0.39 is 125 Å². The number of hydrogen-bond acceptors (Lipinski definition) is 25. The van der Waals surface area contributed by atoms with E-state index in [0.717, 1.165) is 25.9 Å². The molecule has 4 heterocycles. The number of cyclic esters (lactones) is 4. The van der Waals surface area contributed by atoms with Gasteiger partial charge in [0.05, 0.1) is 6.61 Å².